The van der Waals surface area contributed by atoms with Gasteiger partial charge in [0, 0.05) is 6.54 Å². The van der Waals surface area contributed by atoms with Crippen molar-refractivity contribution in [2.45, 2.75) is 17.8 Å². The number of halogens is 1. The molecule has 0 radical (unpaired) electrons. The third kappa shape index (κ3) is 3.74. The van der Waals surface area contributed by atoms with Gasteiger partial charge in [-0.1, -0.05) is 36.4 Å². The molecule has 1 aliphatic rings. The molecule has 2 aromatic carbocycles. The number of hydrogen-bond acceptors (Lipinski definition) is 3. The number of amides is 1. The zero-order chi connectivity index (χ0) is 16.2. The third-order valence-corrected chi connectivity index (χ3v) is 5.18. The van der Waals surface area contributed by atoms with E-state index in [-0.39, 0.29) is 17.7 Å². The molecule has 0 saturated carbocycles. The Labute approximate surface area is 138 Å². The summed E-state index contributed by atoms with van der Waals surface area (Å²) in [6, 6.07) is 13.7. The number of nitrogens with one attached hydrogen (secondary N) is 1. The van der Waals surface area contributed by atoms with Gasteiger partial charge in [0.2, 0.25) is 5.91 Å². The van der Waals surface area contributed by atoms with Gasteiger partial charge in [0.15, 0.2) is 0 Å². The molecule has 0 unspecified atom stereocenters. The first-order chi connectivity index (χ1) is 11.1. The topological polar surface area (TPSA) is 49.3 Å². The Hall–Kier alpha value is -1.85. The SMILES string of the molecule is O=C(NC[C@@H](O)c1cccc(F)c1)[C@H]1SCCc2ccccc21. The average molecular weight is 331 g/mol. The van der Waals surface area contributed by atoms with Crippen LogP contribution in [-0.4, -0.2) is 23.3 Å². The molecule has 5 heteroatoms. The van der Waals surface area contributed by atoms with Crippen LogP contribution in [0.15, 0.2) is 48.5 Å². The fourth-order valence-corrected chi connectivity index (χ4v) is 3.95. The van der Waals surface area contributed by atoms with Crippen molar-refractivity contribution in [1.82, 2.24) is 5.32 Å². The highest BCUT2D eigenvalue weighted by molar-refractivity contribution is 8.00. The number of aliphatic hydroxyl groups is 1. The van der Waals surface area contributed by atoms with Crippen molar-refractivity contribution in [1.29, 1.82) is 0 Å². The van der Waals surface area contributed by atoms with E-state index in [0.29, 0.717) is 5.56 Å². The molecule has 1 amide bonds. The number of rotatable bonds is 4. The second-order valence-corrected chi connectivity index (χ2v) is 6.73. The molecule has 0 spiro atoms. The van der Waals surface area contributed by atoms with E-state index in [0.717, 1.165) is 17.7 Å². The molecule has 23 heavy (non-hydrogen) atoms. The first-order valence-electron chi connectivity index (χ1n) is 7.56. The lowest BCUT2D eigenvalue weighted by Gasteiger charge is -2.24. The fraction of sp³-hybridized carbons (Fsp3) is 0.278. The second-order valence-electron chi connectivity index (χ2n) is 5.52. The van der Waals surface area contributed by atoms with Crippen molar-refractivity contribution in [3.05, 3.63) is 71.0 Å². The summed E-state index contributed by atoms with van der Waals surface area (Å²) in [5.74, 6) is 0.393. The summed E-state index contributed by atoms with van der Waals surface area (Å²) in [4.78, 5) is 12.4. The number of carbonyl (C=O) groups is 1. The number of fused-ring (bicyclic) bond motifs is 1. The number of aryl methyl sites for hydroxylation is 1. The fourth-order valence-electron chi connectivity index (χ4n) is 2.73. The van der Waals surface area contributed by atoms with Crippen molar-refractivity contribution < 1.29 is 14.3 Å². The molecular formula is C18H18FNO2S. The first-order valence-corrected chi connectivity index (χ1v) is 8.60. The minimum atomic E-state index is -0.918. The zero-order valence-corrected chi connectivity index (χ0v) is 13.4. The van der Waals surface area contributed by atoms with Crippen LogP contribution in [-0.2, 0) is 11.2 Å². The van der Waals surface area contributed by atoms with Crippen molar-refractivity contribution in [3.63, 3.8) is 0 Å². The minimum absolute atomic E-state index is 0.0709. The average Bonchev–Trinajstić information content (AvgIpc) is 2.59. The van der Waals surface area contributed by atoms with Gasteiger partial charge in [-0.15, -0.1) is 11.8 Å². The molecule has 3 nitrogen and oxygen atoms in total. The van der Waals surface area contributed by atoms with Gasteiger partial charge in [-0.3, -0.25) is 4.79 Å². The lowest BCUT2D eigenvalue weighted by molar-refractivity contribution is -0.121. The summed E-state index contributed by atoms with van der Waals surface area (Å²) in [5, 5.41) is 12.6. The molecule has 1 heterocycles. The van der Waals surface area contributed by atoms with Gasteiger partial charge in [-0.2, -0.15) is 0 Å². The summed E-state index contributed by atoms with van der Waals surface area (Å²) in [6.07, 6.45) is 0.0507. The van der Waals surface area contributed by atoms with Crippen molar-refractivity contribution >= 4 is 17.7 Å². The standard InChI is InChI=1S/C18H18FNO2S/c19-14-6-3-5-13(10-14)16(21)11-20-18(22)17-15-7-2-1-4-12(15)8-9-23-17/h1-7,10,16-17,21H,8-9,11H2,(H,20,22)/t16-,17+/m1/s1. The maximum Gasteiger partial charge on any atom is 0.237 e. The highest BCUT2D eigenvalue weighted by Gasteiger charge is 2.27. The van der Waals surface area contributed by atoms with E-state index in [1.54, 1.807) is 23.9 Å². The van der Waals surface area contributed by atoms with Crippen molar-refractivity contribution in [2.24, 2.45) is 0 Å². The van der Waals surface area contributed by atoms with Gasteiger partial charge in [0.1, 0.15) is 11.1 Å². The number of carbonyl (C=O) groups excluding carboxylic acids is 1. The van der Waals surface area contributed by atoms with Crippen LogP contribution in [0.2, 0.25) is 0 Å². The molecule has 3 rings (SSSR count). The Balaban J connectivity index is 1.64. The molecule has 0 saturated heterocycles. The molecule has 120 valence electrons. The van der Waals surface area contributed by atoms with Crippen LogP contribution in [0.1, 0.15) is 28.0 Å². The van der Waals surface area contributed by atoms with E-state index in [1.807, 2.05) is 18.2 Å². The summed E-state index contributed by atoms with van der Waals surface area (Å²) in [6.45, 7) is 0.0709. The van der Waals surface area contributed by atoms with Crippen molar-refractivity contribution in [2.75, 3.05) is 12.3 Å². The van der Waals surface area contributed by atoms with Crippen LogP contribution in [0.3, 0.4) is 0 Å². The Bertz CT molecular complexity index is 707. The van der Waals surface area contributed by atoms with Gasteiger partial charge in [0.25, 0.3) is 0 Å². The molecule has 0 aromatic heterocycles. The highest BCUT2D eigenvalue weighted by Crippen LogP contribution is 2.36. The van der Waals surface area contributed by atoms with Gasteiger partial charge >= 0.3 is 0 Å². The molecule has 1 aliphatic heterocycles. The lowest BCUT2D eigenvalue weighted by Crippen LogP contribution is -2.33. The maximum absolute atomic E-state index is 13.2. The molecule has 0 aliphatic carbocycles. The van der Waals surface area contributed by atoms with E-state index in [2.05, 4.69) is 11.4 Å². The second kappa shape index (κ2) is 7.15. The number of hydrogen-bond donors (Lipinski definition) is 2. The van der Waals surface area contributed by atoms with Gasteiger partial charge < -0.3 is 10.4 Å². The van der Waals surface area contributed by atoms with E-state index in [1.165, 1.54) is 17.7 Å². The highest BCUT2D eigenvalue weighted by atomic mass is 32.2. The van der Waals surface area contributed by atoms with Gasteiger partial charge in [-0.25, -0.2) is 4.39 Å². The van der Waals surface area contributed by atoms with Crippen LogP contribution in [0.25, 0.3) is 0 Å². The monoisotopic (exact) mass is 331 g/mol. The third-order valence-electron chi connectivity index (χ3n) is 3.93. The normalized spacial score (nSPS) is 18.1. The maximum atomic E-state index is 13.2. The quantitative estimate of drug-likeness (QED) is 0.905. The summed E-state index contributed by atoms with van der Waals surface area (Å²) >= 11 is 1.61. The van der Waals surface area contributed by atoms with E-state index >= 15 is 0 Å². The lowest BCUT2D eigenvalue weighted by atomic mass is 10.0. The molecule has 2 aromatic rings. The predicted octanol–water partition coefficient (Wildman–Crippen LogP) is 3.01. The summed E-state index contributed by atoms with van der Waals surface area (Å²) in [7, 11) is 0. The predicted molar refractivity (Wildman–Crippen MR) is 89.7 cm³/mol. The zero-order valence-electron chi connectivity index (χ0n) is 12.5. The van der Waals surface area contributed by atoms with Crippen LogP contribution in [0.5, 0.6) is 0 Å². The minimum Gasteiger partial charge on any atom is -0.387 e. The number of thioether (sulfide) groups is 1. The number of aliphatic hydroxyl groups excluding tert-OH is 1. The Kier molecular flexibility index (Phi) is 4.98. The molecular weight excluding hydrogens is 313 g/mol. The van der Waals surface area contributed by atoms with Gasteiger partial charge in [0.05, 0.1) is 6.10 Å². The Morgan fingerprint density at radius 2 is 2.13 bits per heavy atom. The summed E-state index contributed by atoms with van der Waals surface area (Å²) < 4.78 is 13.2. The molecule has 2 atom stereocenters. The smallest absolute Gasteiger partial charge is 0.237 e. The van der Waals surface area contributed by atoms with Crippen LogP contribution >= 0.6 is 11.8 Å². The number of benzene rings is 2. The van der Waals surface area contributed by atoms with E-state index in [9.17, 15) is 14.3 Å². The van der Waals surface area contributed by atoms with Crippen molar-refractivity contribution in [3.8, 4) is 0 Å². The van der Waals surface area contributed by atoms with Gasteiger partial charge in [-0.05, 0) is 41.0 Å². The van der Waals surface area contributed by atoms with E-state index in [4.69, 9.17) is 0 Å². The van der Waals surface area contributed by atoms with Crippen LogP contribution < -0.4 is 5.32 Å². The Morgan fingerprint density at radius 3 is 2.96 bits per heavy atom. The molecule has 2 N–H and O–H groups in total. The van der Waals surface area contributed by atoms with Crippen LogP contribution in [0, 0.1) is 5.82 Å². The van der Waals surface area contributed by atoms with E-state index < -0.39 is 11.9 Å². The largest absolute Gasteiger partial charge is 0.387 e. The summed E-state index contributed by atoms with van der Waals surface area (Å²) in [5.41, 5.74) is 2.71. The molecule has 0 fully saturated rings. The van der Waals surface area contributed by atoms with Crippen LogP contribution in [0.4, 0.5) is 4.39 Å². The first kappa shape index (κ1) is 16.0. The Morgan fingerprint density at radius 1 is 1.30 bits per heavy atom. The molecule has 0 bridgehead atoms.